The second-order valence-corrected chi connectivity index (χ2v) is 4.88. The van der Waals surface area contributed by atoms with Crippen molar-refractivity contribution in [3.63, 3.8) is 0 Å². The molecule has 0 unspecified atom stereocenters. The Hall–Kier alpha value is -0.600. The van der Waals surface area contributed by atoms with Crippen molar-refractivity contribution in [2.75, 3.05) is 6.54 Å². The number of benzene rings is 1. The first kappa shape index (κ1) is 12.5. The first-order valence-electron chi connectivity index (χ1n) is 5.22. The Balaban J connectivity index is 2.50. The quantitative estimate of drug-likeness (QED) is 0.812. The van der Waals surface area contributed by atoms with Crippen LogP contribution in [0.4, 0.5) is 0 Å². The zero-order chi connectivity index (χ0) is 11.3. The van der Waals surface area contributed by atoms with Gasteiger partial charge in [0.1, 0.15) is 0 Å². The molecule has 82 valence electrons. The lowest BCUT2D eigenvalue weighted by atomic mass is 10.1. The van der Waals surface area contributed by atoms with Crippen molar-refractivity contribution in [1.82, 2.24) is 5.32 Å². The third-order valence-electron chi connectivity index (χ3n) is 2.30. The van der Waals surface area contributed by atoms with Gasteiger partial charge in [0, 0.05) is 17.1 Å². The van der Waals surface area contributed by atoms with Gasteiger partial charge in [-0.3, -0.25) is 0 Å². The second kappa shape index (κ2) is 6.09. The lowest BCUT2D eigenvalue weighted by Gasteiger charge is -2.12. The van der Waals surface area contributed by atoms with E-state index in [1.54, 1.807) is 0 Å². The Morgan fingerprint density at radius 1 is 1.33 bits per heavy atom. The fourth-order valence-corrected chi connectivity index (χ4v) is 1.57. The van der Waals surface area contributed by atoms with Crippen molar-refractivity contribution in [2.45, 2.75) is 26.8 Å². The molecule has 0 aromatic heterocycles. The molecule has 1 rings (SSSR count). The largest absolute Gasteiger partial charge is 0.307 e. The van der Waals surface area contributed by atoms with Gasteiger partial charge in [0.05, 0.1) is 0 Å². The Morgan fingerprint density at radius 2 is 1.93 bits per heavy atom. The van der Waals surface area contributed by atoms with Gasteiger partial charge in [-0.1, -0.05) is 39.7 Å². The lowest BCUT2D eigenvalue weighted by molar-refractivity contribution is 0.616. The summed E-state index contributed by atoms with van der Waals surface area (Å²) in [5, 5.41) is 3.46. The topological polar surface area (TPSA) is 12.0 Å². The summed E-state index contributed by atoms with van der Waals surface area (Å²) in [5.74, 6) is 0. The summed E-state index contributed by atoms with van der Waals surface area (Å²) in [6.45, 7) is 7.35. The Bertz CT molecular complexity index is 323. The Labute approximate surface area is 101 Å². The molecule has 1 nitrogen and oxygen atoms in total. The summed E-state index contributed by atoms with van der Waals surface area (Å²) < 4.78 is 1.13. The van der Waals surface area contributed by atoms with Crippen LogP contribution in [0.3, 0.4) is 0 Å². The van der Waals surface area contributed by atoms with Crippen molar-refractivity contribution in [3.8, 4) is 0 Å². The predicted octanol–water partition coefficient (Wildman–Crippen LogP) is 4.07. The standard InChI is InChI=1S/C13H18BrN/c1-10(2)8-9-15-11(3)12-4-6-13(14)7-5-12/h4-8,11,15H,9H2,1-3H3/t11-/m0/s1. The molecular formula is C13H18BrN. The second-order valence-electron chi connectivity index (χ2n) is 3.96. The van der Waals surface area contributed by atoms with Crippen LogP contribution in [-0.2, 0) is 0 Å². The van der Waals surface area contributed by atoms with Gasteiger partial charge >= 0.3 is 0 Å². The van der Waals surface area contributed by atoms with Crippen molar-refractivity contribution < 1.29 is 0 Å². The summed E-state index contributed by atoms with van der Waals surface area (Å²) >= 11 is 3.44. The highest BCUT2D eigenvalue weighted by molar-refractivity contribution is 9.10. The molecule has 1 atom stereocenters. The molecule has 0 aliphatic carbocycles. The number of hydrogen-bond donors (Lipinski definition) is 1. The van der Waals surface area contributed by atoms with E-state index in [-0.39, 0.29) is 0 Å². The summed E-state index contributed by atoms with van der Waals surface area (Å²) in [7, 11) is 0. The summed E-state index contributed by atoms with van der Waals surface area (Å²) in [6, 6.07) is 8.84. The normalized spacial score (nSPS) is 12.3. The van der Waals surface area contributed by atoms with Gasteiger partial charge < -0.3 is 5.32 Å². The maximum absolute atomic E-state index is 3.46. The van der Waals surface area contributed by atoms with E-state index in [0.717, 1.165) is 11.0 Å². The molecule has 0 saturated carbocycles. The van der Waals surface area contributed by atoms with Crippen LogP contribution in [0.1, 0.15) is 32.4 Å². The summed E-state index contributed by atoms with van der Waals surface area (Å²) in [6.07, 6.45) is 2.20. The van der Waals surface area contributed by atoms with Crippen LogP contribution in [0.15, 0.2) is 40.4 Å². The van der Waals surface area contributed by atoms with Crippen LogP contribution in [0.25, 0.3) is 0 Å². The van der Waals surface area contributed by atoms with Gasteiger partial charge in [-0.15, -0.1) is 0 Å². The zero-order valence-corrected chi connectivity index (χ0v) is 11.1. The van der Waals surface area contributed by atoms with E-state index in [4.69, 9.17) is 0 Å². The number of allylic oxidation sites excluding steroid dienone is 1. The molecule has 0 aliphatic rings. The summed E-state index contributed by atoms with van der Waals surface area (Å²) in [5.41, 5.74) is 2.67. The Kier molecular flexibility index (Phi) is 5.06. The Morgan fingerprint density at radius 3 is 2.47 bits per heavy atom. The minimum atomic E-state index is 0.397. The predicted molar refractivity (Wildman–Crippen MR) is 70.0 cm³/mol. The van der Waals surface area contributed by atoms with E-state index >= 15 is 0 Å². The van der Waals surface area contributed by atoms with Gasteiger partial charge in [-0.2, -0.15) is 0 Å². The maximum Gasteiger partial charge on any atom is 0.0294 e. The van der Waals surface area contributed by atoms with Crippen LogP contribution in [0.5, 0.6) is 0 Å². The molecule has 0 fully saturated rings. The molecule has 0 amide bonds. The van der Waals surface area contributed by atoms with Gasteiger partial charge in [0.2, 0.25) is 0 Å². The van der Waals surface area contributed by atoms with E-state index < -0.39 is 0 Å². The van der Waals surface area contributed by atoms with Crippen molar-refractivity contribution in [3.05, 3.63) is 46.0 Å². The van der Waals surface area contributed by atoms with E-state index in [1.807, 2.05) is 0 Å². The molecule has 0 saturated heterocycles. The van der Waals surface area contributed by atoms with Gasteiger partial charge in [0.25, 0.3) is 0 Å². The highest BCUT2D eigenvalue weighted by Gasteiger charge is 2.02. The minimum absolute atomic E-state index is 0.397. The van der Waals surface area contributed by atoms with Gasteiger partial charge in [-0.25, -0.2) is 0 Å². The maximum atomic E-state index is 3.46. The van der Waals surface area contributed by atoms with E-state index in [9.17, 15) is 0 Å². The third-order valence-corrected chi connectivity index (χ3v) is 2.83. The number of rotatable bonds is 4. The molecule has 15 heavy (non-hydrogen) atoms. The van der Waals surface area contributed by atoms with Crippen LogP contribution in [0, 0.1) is 0 Å². The van der Waals surface area contributed by atoms with E-state index in [0.29, 0.717) is 6.04 Å². The molecule has 0 spiro atoms. The van der Waals surface area contributed by atoms with Crippen LogP contribution < -0.4 is 5.32 Å². The first-order chi connectivity index (χ1) is 7.09. The molecule has 1 aromatic carbocycles. The number of hydrogen-bond acceptors (Lipinski definition) is 1. The molecule has 0 radical (unpaired) electrons. The molecular weight excluding hydrogens is 250 g/mol. The highest BCUT2D eigenvalue weighted by Crippen LogP contribution is 2.16. The van der Waals surface area contributed by atoms with Gasteiger partial charge in [0.15, 0.2) is 0 Å². The average molecular weight is 268 g/mol. The fourth-order valence-electron chi connectivity index (χ4n) is 1.31. The molecule has 0 aliphatic heterocycles. The molecule has 0 heterocycles. The van der Waals surface area contributed by atoms with E-state index in [1.165, 1.54) is 11.1 Å². The first-order valence-corrected chi connectivity index (χ1v) is 6.01. The summed E-state index contributed by atoms with van der Waals surface area (Å²) in [4.78, 5) is 0. The lowest BCUT2D eigenvalue weighted by Crippen LogP contribution is -2.18. The van der Waals surface area contributed by atoms with E-state index in [2.05, 4.69) is 72.4 Å². The van der Waals surface area contributed by atoms with Crippen molar-refractivity contribution in [2.24, 2.45) is 0 Å². The SMILES string of the molecule is CC(C)=CCN[C@@H](C)c1ccc(Br)cc1. The number of nitrogens with one attached hydrogen (secondary N) is 1. The van der Waals surface area contributed by atoms with Crippen LogP contribution in [0.2, 0.25) is 0 Å². The third kappa shape index (κ3) is 4.63. The minimum Gasteiger partial charge on any atom is -0.307 e. The monoisotopic (exact) mass is 267 g/mol. The highest BCUT2D eigenvalue weighted by atomic mass is 79.9. The zero-order valence-electron chi connectivity index (χ0n) is 9.55. The molecule has 0 bridgehead atoms. The molecule has 1 aromatic rings. The fraction of sp³-hybridized carbons (Fsp3) is 0.385. The average Bonchev–Trinajstić information content (AvgIpc) is 2.18. The molecule has 2 heteroatoms. The smallest absolute Gasteiger partial charge is 0.0294 e. The van der Waals surface area contributed by atoms with Crippen LogP contribution >= 0.6 is 15.9 Å². The number of halogens is 1. The molecule has 1 N–H and O–H groups in total. The van der Waals surface area contributed by atoms with Crippen LogP contribution in [-0.4, -0.2) is 6.54 Å². The van der Waals surface area contributed by atoms with Crippen molar-refractivity contribution in [1.29, 1.82) is 0 Å². The van der Waals surface area contributed by atoms with Gasteiger partial charge in [-0.05, 0) is 38.5 Å². The van der Waals surface area contributed by atoms with Crippen molar-refractivity contribution >= 4 is 15.9 Å².